The maximum absolute atomic E-state index is 4.30. The van der Waals surface area contributed by atoms with Crippen LogP contribution in [0.1, 0.15) is 13.8 Å². The minimum Gasteiger partial charge on any atom is -0.307 e. The van der Waals surface area contributed by atoms with Gasteiger partial charge in [0.05, 0.1) is 6.04 Å². The van der Waals surface area contributed by atoms with Crippen LogP contribution in [0.3, 0.4) is 0 Å². The van der Waals surface area contributed by atoms with E-state index in [9.17, 15) is 0 Å². The smallest absolute Gasteiger partial charge is 0.201 e. The first-order valence-electron chi connectivity index (χ1n) is 6.06. The molecule has 18 heavy (non-hydrogen) atoms. The van der Waals surface area contributed by atoms with Gasteiger partial charge in [-0.05, 0) is 37.7 Å². The van der Waals surface area contributed by atoms with Gasteiger partial charge in [-0.3, -0.25) is 9.55 Å². The molecular weight excluding hydrogens is 246 g/mol. The zero-order valence-electron chi connectivity index (χ0n) is 10.5. The molecule has 5 nitrogen and oxygen atoms in total. The number of pyridine rings is 1. The SMILES string of the molecule is CC(C)[NH+]1CSc2nnc(-c3cccnc3)n2C1. The summed E-state index contributed by atoms with van der Waals surface area (Å²) in [4.78, 5) is 5.69. The van der Waals surface area contributed by atoms with Gasteiger partial charge >= 0.3 is 0 Å². The van der Waals surface area contributed by atoms with Crippen molar-refractivity contribution >= 4 is 11.8 Å². The molecular formula is C12H16N5S+. The number of nitrogens with one attached hydrogen (secondary N) is 1. The van der Waals surface area contributed by atoms with Gasteiger partial charge in [0.2, 0.25) is 5.16 Å². The molecule has 6 heteroatoms. The van der Waals surface area contributed by atoms with Crippen molar-refractivity contribution in [3.8, 4) is 11.4 Å². The third-order valence-corrected chi connectivity index (χ3v) is 4.28. The van der Waals surface area contributed by atoms with Crippen LogP contribution in [0.15, 0.2) is 29.7 Å². The van der Waals surface area contributed by atoms with E-state index in [0.717, 1.165) is 29.1 Å². The summed E-state index contributed by atoms with van der Waals surface area (Å²) in [6.07, 6.45) is 3.61. The first-order chi connectivity index (χ1) is 8.75. The number of hydrogen-bond acceptors (Lipinski definition) is 4. The molecule has 0 bridgehead atoms. The van der Waals surface area contributed by atoms with Gasteiger partial charge in [0.25, 0.3) is 0 Å². The number of aromatic nitrogens is 4. The van der Waals surface area contributed by atoms with Crippen molar-refractivity contribution in [2.75, 3.05) is 5.88 Å². The predicted octanol–water partition coefficient (Wildman–Crippen LogP) is 0.654. The summed E-state index contributed by atoms with van der Waals surface area (Å²) in [6.45, 7) is 5.42. The number of fused-ring (bicyclic) bond motifs is 1. The lowest BCUT2D eigenvalue weighted by Crippen LogP contribution is -3.14. The highest BCUT2D eigenvalue weighted by molar-refractivity contribution is 7.98. The number of rotatable bonds is 2. The number of nitrogens with zero attached hydrogens (tertiary/aromatic N) is 4. The summed E-state index contributed by atoms with van der Waals surface area (Å²) in [7, 11) is 0. The second-order valence-electron chi connectivity index (χ2n) is 4.74. The second-order valence-corrected chi connectivity index (χ2v) is 5.68. The van der Waals surface area contributed by atoms with Crippen molar-refractivity contribution in [1.82, 2.24) is 19.7 Å². The Balaban J connectivity index is 1.98. The van der Waals surface area contributed by atoms with Crippen molar-refractivity contribution in [3.63, 3.8) is 0 Å². The van der Waals surface area contributed by atoms with Crippen LogP contribution in [-0.2, 0) is 6.67 Å². The van der Waals surface area contributed by atoms with Crippen molar-refractivity contribution in [2.24, 2.45) is 0 Å². The summed E-state index contributed by atoms with van der Waals surface area (Å²) >= 11 is 1.77. The summed E-state index contributed by atoms with van der Waals surface area (Å²) in [5.74, 6) is 1.98. The molecule has 0 saturated carbocycles. The van der Waals surface area contributed by atoms with Gasteiger partial charge in [-0.2, -0.15) is 0 Å². The van der Waals surface area contributed by atoms with E-state index in [2.05, 4.69) is 33.6 Å². The van der Waals surface area contributed by atoms with E-state index in [1.165, 1.54) is 4.90 Å². The molecule has 1 aliphatic heterocycles. The van der Waals surface area contributed by atoms with Gasteiger partial charge in [0.1, 0.15) is 5.88 Å². The fraction of sp³-hybridized carbons (Fsp3) is 0.417. The Morgan fingerprint density at radius 2 is 2.28 bits per heavy atom. The Kier molecular flexibility index (Phi) is 3.05. The summed E-state index contributed by atoms with van der Waals surface area (Å²) < 4.78 is 2.19. The van der Waals surface area contributed by atoms with Crippen LogP contribution in [0.4, 0.5) is 0 Å². The largest absolute Gasteiger partial charge is 0.307 e. The van der Waals surface area contributed by atoms with Crippen LogP contribution in [0, 0.1) is 0 Å². The van der Waals surface area contributed by atoms with Crippen LogP contribution < -0.4 is 4.90 Å². The Hall–Kier alpha value is -1.40. The van der Waals surface area contributed by atoms with E-state index < -0.39 is 0 Å². The molecule has 1 N–H and O–H groups in total. The molecule has 94 valence electrons. The maximum Gasteiger partial charge on any atom is 0.201 e. The van der Waals surface area contributed by atoms with Crippen LogP contribution in [0.2, 0.25) is 0 Å². The second kappa shape index (κ2) is 4.70. The molecule has 3 heterocycles. The van der Waals surface area contributed by atoms with Crippen LogP contribution >= 0.6 is 11.8 Å². The zero-order chi connectivity index (χ0) is 12.5. The van der Waals surface area contributed by atoms with E-state index in [0.29, 0.717) is 6.04 Å². The molecule has 0 aliphatic carbocycles. The first kappa shape index (κ1) is 11.7. The van der Waals surface area contributed by atoms with Crippen LogP contribution in [0.5, 0.6) is 0 Å². The lowest BCUT2D eigenvalue weighted by molar-refractivity contribution is -0.933. The zero-order valence-corrected chi connectivity index (χ0v) is 11.3. The van der Waals surface area contributed by atoms with Gasteiger partial charge < -0.3 is 4.90 Å². The average molecular weight is 262 g/mol. The summed E-state index contributed by atoms with van der Waals surface area (Å²) in [5.41, 5.74) is 1.03. The highest BCUT2D eigenvalue weighted by Crippen LogP contribution is 2.23. The first-order valence-corrected chi connectivity index (χ1v) is 7.05. The van der Waals surface area contributed by atoms with Gasteiger partial charge in [-0.1, -0.05) is 0 Å². The van der Waals surface area contributed by atoms with Crippen LogP contribution in [-0.4, -0.2) is 31.7 Å². The van der Waals surface area contributed by atoms with Crippen LogP contribution in [0.25, 0.3) is 11.4 Å². The number of thioether (sulfide) groups is 1. The highest BCUT2D eigenvalue weighted by Gasteiger charge is 2.26. The number of hydrogen-bond donors (Lipinski definition) is 1. The average Bonchev–Trinajstić information content (AvgIpc) is 2.82. The number of quaternary nitrogens is 1. The molecule has 0 spiro atoms. The van der Waals surface area contributed by atoms with E-state index >= 15 is 0 Å². The standard InChI is InChI=1S/C12H15N5S/c1-9(2)16-7-17-11(10-4-3-5-13-6-10)14-15-12(17)18-8-16/h3-6,9H,7-8H2,1-2H3/p+1. The Morgan fingerprint density at radius 1 is 1.39 bits per heavy atom. The molecule has 0 aromatic carbocycles. The Labute approximate surface area is 110 Å². The Bertz CT molecular complexity index is 537. The van der Waals surface area contributed by atoms with Crippen molar-refractivity contribution in [2.45, 2.75) is 31.7 Å². The molecule has 0 radical (unpaired) electrons. The minimum atomic E-state index is 0.606. The van der Waals surface area contributed by atoms with Crippen molar-refractivity contribution in [3.05, 3.63) is 24.5 Å². The molecule has 1 aliphatic rings. The monoisotopic (exact) mass is 262 g/mol. The summed E-state index contributed by atoms with van der Waals surface area (Å²) in [5, 5.41) is 9.57. The Morgan fingerprint density at radius 3 is 3.00 bits per heavy atom. The lowest BCUT2D eigenvalue weighted by atomic mass is 10.3. The minimum absolute atomic E-state index is 0.606. The topological polar surface area (TPSA) is 48.0 Å². The molecule has 2 aromatic rings. The van der Waals surface area contributed by atoms with E-state index in [-0.39, 0.29) is 0 Å². The fourth-order valence-corrected chi connectivity index (χ4v) is 3.15. The van der Waals surface area contributed by atoms with Crippen molar-refractivity contribution < 1.29 is 4.90 Å². The fourth-order valence-electron chi connectivity index (χ4n) is 2.00. The van der Waals surface area contributed by atoms with Crippen molar-refractivity contribution in [1.29, 1.82) is 0 Å². The van der Waals surface area contributed by atoms with E-state index in [1.807, 2.05) is 18.3 Å². The van der Waals surface area contributed by atoms with E-state index in [1.54, 1.807) is 18.0 Å². The quantitative estimate of drug-likeness (QED) is 0.863. The van der Waals surface area contributed by atoms with Gasteiger partial charge in [0.15, 0.2) is 12.5 Å². The maximum atomic E-state index is 4.30. The van der Waals surface area contributed by atoms with Gasteiger partial charge in [0, 0.05) is 18.0 Å². The van der Waals surface area contributed by atoms with E-state index in [4.69, 9.17) is 0 Å². The molecule has 2 aromatic heterocycles. The predicted molar refractivity (Wildman–Crippen MR) is 70.1 cm³/mol. The van der Waals surface area contributed by atoms with Gasteiger partial charge in [-0.15, -0.1) is 10.2 Å². The molecule has 3 rings (SSSR count). The molecule has 0 fully saturated rings. The summed E-state index contributed by atoms with van der Waals surface area (Å²) in [6, 6.07) is 4.56. The lowest BCUT2D eigenvalue weighted by Gasteiger charge is -2.27. The van der Waals surface area contributed by atoms with Gasteiger partial charge in [-0.25, -0.2) is 0 Å². The normalized spacial score (nSPS) is 18.9. The molecule has 0 saturated heterocycles. The third kappa shape index (κ3) is 2.02. The molecule has 0 amide bonds. The molecule has 1 unspecified atom stereocenters. The highest BCUT2D eigenvalue weighted by atomic mass is 32.2. The molecule has 1 atom stereocenters. The third-order valence-electron chi connectivity index (χ3n) is 3.20.